The Morgan fingerprint density at radius 1 is 1.58 bits per heavy atom. The fraction of sp³-hybridized carbons (Fsp3) is 0.667. The highest BCUT2D eigenvalue weighted by Gasteiger charge is 2.56. The number of H-pyrrole nitrogens is 1. The van der Waals surface area contributed by atoms with Crippen molar-refractivity contribution >= 4 is 28.9 Å². The van der Waals surface area contributed by atoms with Crippen molar-refractivity contribution in [2.75, 3.05) is 18.1 Å². The third kappa shape index (κ3) is 4.90. The Morgan fingerprint density at radius 3 is 2.83 bits per heavy atom. The van der Waals surface area contributed by atoms with Crippen LogP contribution < -0.4 is 4.90 Å². The molecule has 1 fully saturated rings. The van der Waals surface area contributed by atoms with Crippen LogP contribution in [0, 0.1) is 5.92 Å². The first-order valence-corrected chi connectivity index (χ1v) is 8.25. The maximum atomic E-state index is 12.7. The minimum absolute atomic E-state index is 0.0585. The molecule has 1 atom stereocenters. The lowest BCUT2D eigenvalue weighted by molar-refractivity contribution is -0.118. The number of carbonyl (C=O) groups is 1. The first-order valence-electron chi connectivity index (χ1n) is 7.87. The van der Waals surface area contributed by atoms with E-state index in [1.165, 1.54) is 11.1 Å². The van der Waals surface area contributed by atoms with Gasteiger partial charge in [-0.05, 0) is 26.7 Å². The number of hydrogen-bond acceptors (Lipinski definition) is 4. The van der Waals surface area contributed by atoms with Crippen molar-refractivity contribution in [3.8, 4) is 0 Å². The summed E-state index contributed by atoms with van der Waals surface area (Å²) in [6.45, 7) is 4.22. The lowest BCUT2D eigenvalue weighted by Gasteiger charge is -2.19. The summed E-state index contributed by atoms with van der Waals surface area (Å²) < 4.78 is 25.4. The van der Waals surface area contributed by atoms with Crippen LogP contribution in [0.2, 0.25) is 5.15 Å². The summed E-state index contributed by atoms with van der Waals surface area (Å²) >= 11 is 5.95. The van der Waals surface area contributed by atoms with E-state index in [4.69, 9.17) is 16.4 Å². The summed E-state index contributed by atoms with van der Waals surface area (Å²) in [6, 6.07) is 0. The molecule has 1 saturated carbocycles. The van der Waals surface area contributed by atoms with Gasteiger partial charge in [-0.15, -0.1) is 0 Å². The van der Waals surface area contributed by atoms with Crippen molar-refractivity contribution in [1.82, 2.24) is 10.2 Å². The Kier molecular flexibility index (Phi) is 6.15. The van der Waals surface area contributed by atoms with E-state index in [0.717, 1.165) is 0 Å². The van der Waals surface area contributed by atoms with Crippen molar-refractivity contribution in [3.05, 3.63) is 11.3 Å². The molecule has 1 N–H and O–H groups in total. The van der Waals surface area contributed by atoms with Gasteiger partial charge in [0.2, 0.25) is 5.91 Å². The number of halogens is 3. The molecule has 2 rings (SSSR count). The smallest absolute Gasteiger partial charge is 0.251 e. The Labute approximate surface area is 144 Å². The molecule has 1 amide bonds. The standard InChI is InChI=1S/C15H21ClF2N4O2/c1-3-22(12-9-19-20-14(12)16)13(23)5-4-10(2)21-24-7-6-11-8-15(11,17)18/h9,11H,3-8H2,1-2H3,(H,19,20)/b21-10-. The number of amides is 1. The van der Waals surface area contributed by atoms with Crippen molar-refractivity contribution in [2.45, 2.75) is 45.5 Å². The Hall–Kier alpha value is -1.70. The summed E-state index contributed by atoms with van der Waals surface area (Å²) in [5.41, 5.74) is 1.18. The van der Waals surface area contributed by atoms with Gasteiger partial charge in [-0.2, -0.15) is 5.10 Å². The predicted molar refractivity (Wildman–Crippen MR) is 87.6 cm³/mol. The zero-order valence-corrected chi connectivity index (χ0v) is 14.4. The van der Waals surface area contributed by atoms with Crippen LogP contribution in [0.1, 0.15) is 39.5 Å². The molecule has 24 heavy (non-hydrogen) atoms. The first-order chi connectivity index (χ1) is 11.3. The average Bonchev–Trinajstić information content (AvgIpc) is 2.92. The van der Waals surface area contributed by atoms with E-state index in [1.54, 1.807) is 6.92 Å². The summed E-state index contributed by atoms with van der Waals surface area (Å²) in [4.78, 5) is 18.9. The van der Waals surface area contributed by atoms with Gasteiger partial charge in [-0.1, -0.05) is 16.8 Å². The molecule has 6 nitrogen and oxygen atoms in total. The van der Waals surface area contributed by atoms with E-state index in [-0.39, 0.29) is 25.4 Å². The fourth-order valence-corrected chi connectivity index (χ4v) is 2.53. The van der Waals surface area contributed by atoms with E-state index in [0.29, 0.717) is 35.9 Å². The van der Waals surface area contributed by atoms with Gasteiger partial charge in [-0.25, -0.2) is 8.78 Å². The number of nitrogens with one attached hydrogen (secondary N) is 1. The first kappa shape index (κ1) is 18.6. The van der Waals surface area contributed by atoms with E-state index < -0.39 is 11.8 Å². The van der Waals surface area contributed by atoms with E-state index in [1.807, 2.05) is 6.92 Å². The molecule has 1 unspecified atom stereocenters. The molecule has 9 heteroatoms. The highest BCUT2D eigenvalue weighted by atomic mass is 35.5. The number of rotatable bonds is 9. The van der Waals surface area contributed by atoms with E-state index in [2.05, 4.69) is 15.4 Å². The van der Waals surface area contributed by atoms with Crippen molar-refractivity contribution < 1.29 is 18.4 Å². The number of alkyl halides is 2. The third-order valence-electron chi connectivity index (χ3n) is 3.92. The van der Waals surface area contributed by atoms with Crippen LogP contribution in [0.3, 0.4) is 0 Å². The number of aromatic amines is 1. The van der Waals surface area contributed by atoms with Crippen molar-refractivity contribution in [2.24, 2.45) is 11.1 Å². The quantitative estimate of drug-likeness (QED) is 0.414. The minimum Gasteiger partial charge on any atom is -0.396 e. The molecular weight excluding hydrogens is 342 g/mol. The van der Waals surface area contributed by atoms with E-state index >= 15 is 0 Å². The second kappa shape index (κ2) is 7.92. The SMILES string of the molecule is CCN(C(=O)CC/C(C)=N\OCCC1CC1(F)F)c1cn[nH]c1Cl. The number of oxime groups is 1. The van der Waals surface area contributed by atoms with Crippen LogP contribution >= 0.6 is 11.6 Å². The van der Waals surface area contributed by atoms with Gasteiger partial charge in [0.25, 0.3) is 5.92 Å². The van der Waals surface area contributed by atoms with Gasteiger partial charge in [0.05, 0.1) is 11.9 Å². The van der Waals surface area contributed by atoms with Gasteiger partial charge in [0.1, 0.15) is 17.4 Å². The zero-order chi connectivity index (χ0) is 17.7. The second-order valence-electron chi connectivity index (χ2n) is 5.82. The lowest BCUT2D eigenvalue weighted by Crippen LogP contribution is -2.30. The fourth-order valence-electron chi connectivity index (χ4n) is 2.34. The van der Waals surface area contributed by atoms with Gasteiger partial charge < -0.3 is 9.74 Å². The van der Waals surface area contributed by atoms with Crippen LogP contribution in [0.15, 0.2) is 11.4 Å². The summed E-state index contributed by atoms with van der Waals surface area (Å²) in [5.74, 6) is -3.20. The molecule has 1 heterocycles. The van der Waals surface area contributed by atoms with E-state index in [9.17, 15) is 13.6 Å². The molecule has 1 aliphatic rings. The number of hydrogen-bond donors (Lipinski definition) is 1. The highest BCUT2D eigenvalue weighted by Crippen LogP contribution is 2.50. The number of nitrogens with zero attached hydrogens (tertiary/aromatic N) is 3. The second-order valence-corrected chi connectivity index (χ2v) is 6.20. The van der Waals surface area contributed by atoms with Crippen LogP contribution in [-0.2, 0) is 9.63 Å². The molecule has 1 aromatic rings. The van der Waals surface area contributed by atoms with Gasteiger partial charge in [0.15, 0.2) is 0 Å². The molecule has 1 aliphatic carbocycles. The number of aromatic nitrogens is 2. The Morgan fingerprint density at radius 2 is 2.29 bits per heavy atom. The van der Waals surface area contributed by atoms with Crippen molar-refractivity contribution in [1.29, 1.82) is 0 Å². The number of anilines is 1. The Bertz CT molecular complexity index is 606. The topological polar surface area (TPSA) is 70.6 Å². The molecule has 0 aromatic carbocycles. The van der Waals surface area contributed by atoms with Gasteiger partial charge in [-0.3, -0.25) is 9.89 Å². The molecule has 134 valence electrons. The maximum Gasteiger partial charge on any atom is 0.251 e. The van der Waals surface area contributed by atoms with Crippen LogP contribution in [0.25, 0.3) is 0 Å². The van der Waals surface area contributed by atoms with Gasteiger partial charge in [0, 0.05) is 25.3 Å². The highest BCUT2D eigenvalue weighted by molar-refractivity contribution is 6.32. The molecule has 0 spiro atoms. The largest absolute Gasteiger partial charge is 0.396 e. The molecular formula is C15H21ClF2N4O2. The average molecular weight is 363 g/mol. The third-order valence-corrected chi connectivity index (χ3v) is 4.20. The summed E-state index contributed by atoms with van der Waals surface area (Å²) in [7, 11) is 0. The summed E-state index contributed by atoms with van der Waals surface area (Å²) in [6.07, 6.45) is 2.41. The van der Waals surface area contributed by atoms with Crippen LogP contribution in [0.4, 0.5) is 14.5 Å². The molecule has 0 radical (unpaired) electrons. The summed E-state index contributed by atoms with van der Waals surface area (Å²) in [5, 5.41) is 10.6. The molecule has 0 aliphatic heterocycles. The van der Waals surface area contributed by atoms with Gasteiger partial charge >= 0.3 is 0 Å². The van der Waals surface area contributed by atoms with Crippen molar-refractivity contribution in [3.63, 3.8) is 0 Å². The monoisotopic (exact) mass is 362 g/mol. The Balaban J connectivity index is 1.72. The lowest BCUT2D eigenvalue weighted by atomic mass is 10.2. The maximum absolute atomic E-state index is 12.7. The molecule has 1 aromatic heterocycles. The van der Waals surface area contributed by atoms with Crippen LogP contribution in [-0.4, -0.2) is 40.9 Å². The van der Waals surface area contributed by atoms with Crippen LogP contribution in [0.5, 0.6) is 0 Å². The normalized spacial score (nSPS) is 19.2. The predicted octanol–water partition coefficient (Wildman–Crippen LogP) is 3.63. The zero-order valence-electron chi connectivity index (χ0n) is 13.7. The minimum atomic E-state index is -2.52. The molecule has 0 saturated heterocycles. The molecule has 0 bridgehead atoms. The number of carbonyl (C=O) groups excluding carboxylic acids is 1.